The van der Waals surface area contributed by atoms with Crippen LogP contribution in [0.4, 0.5) is 0 Å². The van der Waals surface area contributed by atoms with Gasteiger partial charge < -0.3 is 5.11 Å². The molecule has 0 spiro atoms. The minimum atomic E-state index is -0.970. The quantitative estimate of drug-likeness (QED) is 0.885. The molecule has 0 saturated heterocycles. The van der Waals surface area contributed by atoms with Crippen molar-refractivity contribution in [2.24, 2.45) is 5.92 Å². The average molecular weight is 234 g/mol. The number of aromatic carboxylic acids is 1. The minimum absolute atomic E-state index is 0.141. The second-order valence-electron chi connectivity index (χ2n) is 4.08. The molecular formula is C11H10N2O2S. The zero-order valence-corrected chi connectivity index (χ0v) is 9.33. The molecule has 0 bridgehead atoms. The second-order valence-corrected chi connectivity index (χ2v) is 4.98. The van der Waals surface area contributed by atoms with Crippen molar-refractivity contribution in [2.75, 3.05) is 0 Å². The van der Waals surface area contributed by atoms with Crippen molar-refractivity contribution in [1.82, 2.24) is 9.97 Å². The van der Waals surface area contributed by atoms with Crippen molar-refractivity contribution in [1.29, 1.82) is 0 Å². The summed E-state index contributed by atoms with van der Waals surface area (Å²) in [7, 11) is 0. The van der Waals surface area contributed by atoms with Crippen LogP contribution < -0.4 is 0 Å². The van der Waals surface area contributed by atoms with Crippen LogP contribution in [0.1, 0.15) is 29.2 Å². The molecule has 0 amide bonds. The molecule has 1 fully saturated rings. The molecule has 82 valence electrons. The van der Waals surface area contributed by atoms with Crippen LogP contribution in [-0.4, -0.2) is 21.0 Å². The van der Waals surface area contributed by atoms with E-state index < -0.39 is 5.97 Å². The van der Waals surface area contributed by atoms with Crippen LogP contribution in [-0.2, 0) is 6.42 Å². The molecule has 16 heavy (non-hydrogen) atoms. The van der Waals surface area contributed by atoms with Crippen LogP contribution in [0.2, 0.25) is 0 Å². The number of aromatic nitrogens is 2. The lowest BCUT2D eigenvalue weighted by Crippen LogP contribution is -2.06. The summed E-state index contributed by atoms with van der Waals surface area (Å²) in [6.45, 7) is 0. The highest BCUT2D eigenvalue weighted by molar-refractivity contribution is 7.16. The monoisotopic (exact) mass is 234 g/mol. The molecule has 1 saturated carbocycles. The van der Waals surface area contributed by atoms with Gasteiger partial charge in [-0.3, -0.25) is 0 Å². The van der Waals surface area contributed by atoms with Gasteiger partial charge in [-0.05, 0) is 30.2 Å². The summed E-state index contributed by atoms with van der Waals surface area (Å²) in [5, 5.41) is 11.6. The maximum atomic E-state index is 11.1. The summed E-state index contributed by atoms with van der Waals surface area (Å²) in [5.74, 6) is 0.372. The first-order valence-electron chi connectivity index (χ1n) is 5.21. The van der Waals surface area contributed by atoms with Gasteiger partial charge in [-0.1, -0.05) is 0 Å². The zero-order valence-electron chi connectivity index (χ0n) is 8.51. The number of hydrogen-bond acceptors (Lipinski definition) is 4. The largest absolute Gasteiger partial charge is 0.476 e. The molecule has 1 aliphatic rings. The van der Waals surface area contributed by atoms with E-state index in [1.54, 1.807) is 6.07 Å². The van der Waals surface area contributed by atoms with Crippen molar-refractivity contribution < 1.29 is 9.90 Å². The predicted molar refractivity (Wildman–Crippen MR) is 60.8 cm³/mol. The molecule has 4 nitrogen and oxygen atoms in total. The Balaban J connectivity index is 2.11. The standard InChI is InChI=1S/C11H10N2O2S/c14-11(15)9-7-3-4-16-10(7)13-8(12-9)5-6-1-2-6/h3-4,6H,1-2,5H2,(H,14,15). The van der Waals surface area contributed by atoms with E-state index in [1.165, 1.54) is 24.2 Å². The molecule has 2 aromatic rings. The van der Waals surface area contributed by atoms with Gasteiger partial charge >= 0.3 is 5.97 Å². The van der Waals surface area contributed by atoms with Crippen LogP contribution >= 0.6 is 11.3 Å². The maximum absolute atomic E-state index is 11.1. The molecule has 0 atom stereocenters. The third kappa shape index (κ3) is 1.67. The lowest BCUT2D eigenvalue weighted by atomic mass is 10.2. The van der Waals surface area contributed by atoms with Gasteiger partial charge in [0, 0.05) is 11.8 Å². The highest BCUT2D eigenvalue weighted by Gasteiger charge is 2.24. The van der Waals surface area contributed by atoms with Crippen molar-refractivity contribution >= 4 is 27.5 Å². The molecule has 5 heteroatoms. The van der Waals surface area contributed by atoms with Gasteiger partial charge in [0.15, 0.2) is 5.69 Å². The van der Waals surface area contributed by atoms with Gasteiger partial charge in [-0.2, -0.15) is 0 Å². The zero-order chi connectivity index (χ0) is 11.1. The molecule has 2 heterocycles. The van der Waals surface area contributed by atoms with Crippen molar-refractivity contribution in [2.45, 2.75) is 19.3 Å². The molecule has 0 unspecified atom stereocenters. The van der Waals surface area contributed by atoms with Crippen molar-refractivity contribution in [3.05, 3.63) is 23.0 Å². The van der Waals surface area contributed by atoms with E-state index in [0.29, 0.717) is 17.1 Å². The van der Waals surface area contributed by atoms with Crippen LogP contribution in [0, 0.1) is 5.92 Å². The van der Waals surface area contributed by atoms with Crippen LogP contribution in [0.5, 0.6) is 0 Å². The first kappa shape index (κ1) is 9.72. The molecule has 0 radical (unpaired) electrons. The Morgan fingerprint density at radius 3 is 3.00 bits per heavy atom. The molecule has 0 aromatic carbocycles. The number of fused-ring (bicyclic) bond motifs is 1. The molecule has 1 aliphatic carbocycles. The fourth-order valence-corrected chi connectivity index (χ4v) is 2.52. The normalized spacial score (nSPS) is 15.5. The number of nitrogens with zero attached hydrogens (tertiary/aromatic N) is 2. The van der Waals surface area contributed by atoms with E-state index in [1.807, 2.05) is 5.38 Å². The number of carboxylic acids is 1. The van der Waals surface area contributed by atoms with Gasteiger partial charge in [0.2, 0.25) is 0 Å². The van der Waals surface area contributed by atoms with Crippen LogP contribution in [0.15, 0.2) is 11.4 Å². The van der Waals surface area contributed by atoms with Gasteiger partial charge in [0.05, 0.1) is 0 Å². The molecule has 2 aromatic heterocycles. The van der Waals surface area contributed by atoms with E-state index in [-0.39, 0.29) is 5.69 Å². The Bertz CT molecular complexity index is 560. The summed E-state index contributed by atoms with van der Waals surface area (Å²) in [5.41, 5.74) is 0.141. The minimum Gasteiger partial charge on any atom is -0.476 e. The van der Waals surface area contributed by atoms with E-state index in [9.17, 15) is 4.79 Å². The van der Waals surface area contributed by atoms with Crippen molar-refractivity contribution in [3.63, 3.8) is 0 Å². The van der Waals surface area contributed by atoms with Crippen LogP contribution in [0.25, 0.3) is 10.2 Å². The number of carboxylic acid groups (broad SMARTS) is 1. The maximum Gasteiger partial charge on any atom is 0.355 e. The summed E-state index contributed by atoms with van der Waals surface area (Å²) in [4.78, 5) is 20.4. The van der Waals surface area contributed by atoms with E-state index >= 15 is 0 Å². The lowest BCUT2D eigenvalue weighted by Gasteiger charge is -2.01. The van der Waals surface area contributed by atoms with Crippen molar-refractivity contribution in [3.8, 4) is 0 Å². The van der Waals surface area contributed by atoms with Gasteiger partial charge in [0.25, 0.3) is 0 Å². The van der Waals surface area contributed by atoms with Gasteiger partial charge in [0.1, 0.15) is 10.7 Å². The number of thiophene rings is 1. The third-order valence-electron chi connectivity index (χ3n) is 2.74. The highest BCUT2D eigenvalue weighted by atomic mass is 32.1. The van der Waals surface area contributed by atoms with Crippen LogP contribution in [0.3, 0.4) is 0 Å². The Hall–Kier alpha value is -1.49. The van der Waals surface area contributed by atoms with Gasteiger partial charge in [-0.15, -0.1) is 11.3 Å². The summed E-state index contributed by atoms with van der Waals surface area (Å²) in [6, 6.07) is 1.77. The molecular weight excluding hydrogens is 224 g/mol. The van der Waals surface area contributed by atoms with Gasteiger partial charge in [-0.25, -0.2) is 14.8 Å². The van der Waals surface area contributed by atoms with E-state index in [0.717, 1.165) is 11.3 Å². The Morgan fingerprint density at radius 2 is 2.31 bits per heavy atom. The first-order valence-corrected chi connectivity index (χ1v) is 6.09. The number of rotatable bonds is 3. The number of hydrogen-bond donors (Lipinski definition) is 1. The summed E-state index contributed by atoms with van der Waals surface area (Å²) >= 11 is 1.47. The fraction of sp³-hybridized carbons (Fsp3) is 0.364. The Labute approximate surface area is 96.0 Å². The fourth-order valence-electron chi connectivity index (χ4n) is 1.73. The topological polar surface area (TPSA) is 63.1 Å². The Morgan fingerprint density at radius 1 is 1.50 bits per heavy atom. The summed E-state index contributed by atoms with van der Waals surface area (Å²) in [6.07, 6.45) is 3.25. The average Bonchev–Trinajstić information content (AvgIpc) is 2.93. The predicted octanol–water partition coefficient (Wildman–Crippen LogP) is 2.34. The number of carbonyl (C=O) groups is 1. The smallest absolute Gasteiger partial charge is 0.355 e. The van der Waals surface area contributed by atoms with E-state index in [4.69, 9.17) is 5.11 Å². The molecule has 1 N–H and O–H groups in total. The van der Waals surface area contributed by atoms with E-state index in [2.05, 4.69) is 9.97 Å². The molecule has 0 aliphatic heterocycles. The first-order chi connectivity index (χ1) is 7.74. The lowest BCUT2D eigenvalue weighted by molar-refractivity contribution is 0.0692. The Kier molecular flexibility index (Phi) is 2.14. The third-order valence-corrected chi connectivity index (χ3v) is 3.55. The summed E-state index contributed by atoms with van der Waals surface area (Å²) < 4.78 is 0. The highest BCUT2D eigenvalue weighted by Crippen LogP contribution is 2.32. The second kappa shape index (κ2) is 3.52. The SMILES string of the molecule is O=C(O)c1nc(CC2CC2)nc2sccc12. The molecule has 3 rings (SSSR count).